The summed E-state index contributed by atoms with van der Waals surface area (Å²) < 4.78 is 13.5. The van der Waals surface area contributed by atoms with Gasteiger partial charge in [0.2, 0.25) is 0 Å². The van der Waals surface area contributed by atoms with E-state index in [0.29, 0.717) is 5.56 Å². The van der Waals surface area contributed by atoms with Gasteiger partial charge in [0.1, 0.15) is 5.82 Å². The summed E-state index contributed by atoms with van der Waals surface area (Å²) in [5.74, 6) is -0.340. The van der Waals surface area contributed by atoms with Crippen molar-refractivity contribution in [3.63, 3.8) is 0 Å². The van der Waals surface area contributed by atoms with Crippen LogP contribution in [0.2, 0.25) is 0 Å². The number of aryl methyl sites for hydroxylation is 1. The van der Waals surface area contributed by atoms with Crippen LogP contribution in [0.4, 0.5) is 4.39 Å². The van der Waals surface area contributed by atoms with E-state index in [-0.39, 0.29) is 24.3 Å². The van der Waals surface area contributed by atoms with Gasteiger partial charge in [-0.3, -0.25) is 0 Å². The van der Waals surface area contributed by atoms with Gasteiger partial charge in [-0.1, -0.05) is 12.1 Å². The summed E-state index contributed by atoms with van der Waals surface area (Å²) in [5.41, 5.74) is 7.04. The van der Waals surface area contributed by atoms with E-state index in [1.165, 1.54) is 6.07 Å². The minimum Gasteiger partial charge on any atom is -0.387 e. The molecule has 1 aliphatic rings. The molecule has 0 fully saturated rings. The summed E-state index contributed by atoms with van der Waals surface area (Å²) in [4.78, 5) is 0. The molecule has 3 N–H and O–H groups in total. The van der Waals surface area contributed by atoms with E-state index >= 15 is 0 Å². The molecule has 2 nitrogen and oxygen atoms in total. The number of halogens is 2. The van der Waals surface area contributed by atoms with Gasteiger partial charge in [0.25, 0.3) is 0 Å². The molecular formula is C11H15ClFNO. The second-order valence-electron chi connectivity index (χ2n) is 3.81. The van der Waals surface area contributed by atoms with Crippen molar-refractivity contribution in [3.8, 4) is 0 Å². The van der Waals surface area contributed by atoms with Crippen molar-refractivity contribution in [3.05, 3.63) is 35.1 Å². The lowest BCUT2D eigenvalue weighted by Gasteiger charge is -2.17. The Hall–Kier alpha value is -0.640. The van der Waals surface area contributed by atoms with E-state index in [1.807, 2.05) is 6.07 Å². The molecule has 0 aliphatic heterocycles. The molecular weight excluding hydrogens is 217 g/mol. The van der Waals surface area contributed by atoms with Crippen molar-refractivity contribution in [1.29, 1.82) is 0 Å². The van der Waals surface area contributed by atoms with E-state index < -0.39 is 6.10 Å². The second kappa shape index (κ2) is 4.92. The summed E-state index contributed by atoms with van der Waals surface area (Å²) in [5, 5.41) is 9.83. The molecule has 0 radical (unpaired) electrons. The smallest absolute Gasteiger partial charge is 0.129 e. The zero-order valence-corrected chi connectivity index (χ0v) is 9.14. The first-order valence-electron chi connectivity index (χ1n) is 4.91. The van der Waals surface area contributed by atoms with Crippen LogP contribution in [-0.4, -0.2) is 11.1 Å². The van der Waals surface area contributed by atoms with Crippen LogP contribution in [-0.2, 0) is 6.42 Å². The normalized spacial score (nSPS) is 25.0. The summed E-state index contributed by atoms with van der Waals surface area (Å²) in [6.07, 6.45) is 1.61. The van der Waals surface area contributed by atoms with Crippen LogP contribution >= 0.6 is 12.4 Å². The van der Waals surface area contributed by atoms with Crippen molar-refractivity contribution in [2.75, 3.05) is 0 Å². The van der Waals surface area contributed by atoms with Crippen LogP contribution in [0.25, 0.3) is 0 Å². The van der Waals surface area contributed by atoms with Crippen LogP contribution < -0.4 is 5.73 Å². The lowest BCUT2D eigenvalue weighted by molar-refractivity contribution is 0.140. The van der Waals surface area contributed by atoms with E-state index in [4.69, 9.17) is 5.73 Å². The van der Waals surface area contributed by atoms with Crippen LogP contribution in [0.1, 0.15) is 30.1 Å². The molecule has 4 heteroatoms. The van der Waals surface area contributed by atoms with Gasteiger partial charge in [0, 0.05) is 11.6 Å². The zero-order valence-electron chi connectivity index (χ0n) is 8.32. The minimum atomic E-state index is -0.853. The summed E-state index contributed by atoms with van der Waals surface area (Å²) in [6.45, 7) is 0. The first kappa shape index (κ1) is 12.4. The van der Waals surface area contributed by atoms with Crippen molar-refractivity contribution >= 4 is 12.4 Å². The fourth-order valence-electron chi connectivity index (χ4n) is 2.03. The molecule has 1 aromatic carbocycles. The molecule has 2 unspecified atom stereocenters. The number of aliphatic hydroxyl groups excluding tert-OH is 1. The molecule has 1 aliphatic carbocycles. The van der Waals surface area contributed by atoms with E-state index in [0.717, 1.165) is 24.8 Å². The monoisotopic (exact) mass is 231 g/mol. The van der Waals surface area contributed by atoms with E-state index in [2.05, 4.69) is 0 Å². The Labute approximate surface area is 94.7 Å². The van der Waals surface area contributed by atoms with Crippen molar-refractivity contribution < 1.29 is 9.50 Å². The summed E-state index contributed by atoms with van der Waals surface area (Å²) in [7, 11) is 0. The van der Waals surface area contributed by atoms with Gasteiger partial charge in [-0.2, -0.15) is 0 Å². The Balaban J connectivity index is 0.00000112. The number of hydrogen-bond donors (Lipinski definition) is 2. The average molecular weight is 232 g/mol. The van der Waals surface area contributed by atoms with Gasteiger partial charge in [-0.15, -0.1) is 12.4 Å². The maximum atomic E-state index is 13.5. The summed E-state index contributed by atoms with van der Waals surface area (Å²) >= 11 is 0. The fraction of sp³-hybridized carbons (Fsp3) is 0.455. The third-order valence-corrected chi connectivity index (χ3v) is 2.83. The molecule has 0 saturated heterocycles. The first-order chi connectivity index (χ1) is 6.70. The van der Waals surface area contributed by atoms with Crippen LogP contribution in [0.3, 0.4) is 0 Å². The standard InChI is InChI=1S/C11H14FNO.ClH/c12-8-5-1-3-7-4-2-6-9(13)11(14)10(7)8;/h1,3,5,9,11,14H,2,4,6,13H2;1H. The molecule has 2 atom stereocenters. The Morgan fingerprint density at radius 1 is 1.40 bits per heavy atom. The van der Waals surface area contributed by atoms with Gasteiger partial charge < -0.3 is 10.8 Å². The predicted octanol–water partition coefficient (Wildman–Crippen LogP) is 1.94. The zero-order chi connectivity index (χ0) is 10.1. The number of benzene rings is 1. The largest absolute Gasteiger partial charge is 0.387 e. The molecule has 0 amide bonds. The molecule has 2 rings (SSSR count). The van der Waals surface area contributed by atoms with Crippen molar-refractivity contribution in [2.45, 2.75) is 31.4 Å². The molecule has 0 saturated carbocycles. The van der Waals surface area contributed by atoms with Crippen LogP contribution in [0, 0.1) is 5.82 Å². The fourth-order valence-corrected chi connectivity index (χ4v) is 2.03. The Bertz CT molecular complexity index is 345. The minimum absolute atomic E-state index is 0. The number of fused-ring (bicyclic) bond motifs is 1. The van der Waals surface area contributed by atoms with E-state index in [1.54, 1.807) is 6.07 Å². The van der Waals surface area contributed by atoms with Crippen molar-refractivity contribution in [1.82, 2.24) is 0 Å². The predicted molar refractivity (Wildman–Crippen MR) is 59.5 cm³/mol. The topological polar surface area (TPSA) is 46.2 Å². The Morgan fingerprint density at radius 2 is 2.13 bits per heavy atom. The summed E-state index contributed by atoms with van der Waals surface area (Å²) in [6, 6.07) is 4.57. The third-order valence-electron chi connectivity index (χ3n) is 2.83. The highest BCUT2D eigenvalue weighted by atomic mass is 35.5. The van der Waals surface area contributed by atoms with Crippen LogP contribution in [0.15, 0.2) is 18.2 Å². The quantitative estimate of drug-likeness (QED) is 0.671. The van der Waals surface area contributed by atoms with E-state index in [9.17, 15) is 9.50 Å². The SMILES string of the molecule is Cl.NC1CCCc2cccc(F)c2C1O. The Morgan fingerprint density at radius 3 is 2.87 bits per heavy atom. The number of aliphatic hydroxyl groups is 1. The number of hydrogen-bond acceptors (Lipinski definition) is 2. The maximum absolute atomic E-state index is 13.5. The first-order valence-corrected chi connectivity index (χ1v) is 4.91. The number of nitrogens with two attached hydrogens (primary N) is 1. The third kappa shape index (κ3) is 2.30. The molecule has 0 spiro atoms. The highest BCUT2D eigenvalue weighted by molar-refractivity contribution is 5.85. The van der Waals surface area contributed by atoms with Gasteiger partial charge in [-0.05, 0) is 30.9 Å². The highest BCUT2D eigenvalue weighted by Crippen LogP contribution is 2.29. The maximum Gasteiger partial charge on any atom is 0.129 e. The molecule has 84 valence electrons. The molecule has 15 heavy (non-hydrogen) atoms. The van der Waals surface area contributed by atoms with Crippen molar-refractivity contribution in [2.24, 2.45) is 5.73 Å². The second-order valence-corrected chi connectivity index (χ2v) is 3.81. The highest BCUT2D eigenvalue weighted by Gasteiger charge is 2.25. The molecule has 0 aromatic heterocycles. The molecule has 0 bridgehead atoms. The van der Waals surface area contributed by atoms with Gasteiger partial charge in [0.05, 0.1) is 6.10 Å². The molecule has 0 heterocycles. The average Bonchev–Trinajstić information content (AvgIpc) is 2.29. The van der Waals surface area contributed by atoms with Gasteiger partial charge >= 0.3 is 0 Å². The molecule has 1 aromatic rings. The van der Waals surface area contributed by atoms with Crippen LogP contribution in [0.5, 0.6) is 0 Å². The Kier molecular flexibility index (Phi) is 4.08. The lowest BCUT2D eigenvalue weighted by atomic mass is 9.99. The van der Waals surface area contributed by atoms with Gasteiger partial charge in [0.15, 0.2) is 0 Å². The van der Waals surface area contributed by atoms with Gasteiger partial charge in [-0.25, -0.2) is 4.39 Å². The lowest BCUT2D eigenvalue weighted by Crippen LogP contribution is -2.27. The number of rotatable bonds is 0.